The van der Waals surface area contributed by atoms with Crippen LogP contribution in [0.25, 0.3) is 0 Å². The summed E-state index contributed by atoms with van der Waals surface area (Å²) in [6.07, 6.45) is 3.28. The highest BCUT2D eigenvalue weighted by Gasteiger charge is 2.41. The highest BCUT2D eigenvalue weighted by molar-refractivity contribution is 9.10. The molecule has 1 N–H and O–H groups in total. The van der Waals surface area contributed by atoms with Gasteiger partial charge in [-0.1, -0.05) is 12.1 Å². The van der Waals surface area contributed by atoms with Crippen molar-refractivity contribution in [3.8, 4) is 0 Å². The van der Waals surface area contributed by atoms with E-state index in [-0.39, 0.29) is 11.4 Å². The third kappa shape index (κ3) is 1.84. The molecule has 0 bridgehead atoms. The van der Waals surface area contributed by atoms with Crippen molar-refractivity contribution in [2.24, 2.45) is 0 Å². The summed E-state index contributed by atoms with van der Waals surface area (Å²) in [4.78, 5) is 0. The molecule has 1 aliphatic carbocycles. The maximum absolute atomic E-state index is 13.2. The quantitative estimate of drug-likeness (QED) is 0.879. The lowest BCUT2D eigenvalue weighted by Crippen LogP contribution is -2.29. The molecule has 1 saturated carbocycles. The highest BCUT2D eigenvalue weighted by Crippen LogP contribution is 2.39. The van der Waals surface area contributed by atoms with E-state index in [0.717, 1.165) is 12.0 Å². The van der Waals surface area contributed by atoms with E-state index in [9.17, 15) is 4.39 Å². The van der Waals surface area contributed by atoms with Gasteiger partial charge in [-0.05, 0) is 53.9 Å². The first-order chi connectivity index (χ1) is 6.67. The maximum Gasteiger partial charge on any atom is 0.137 e. The van der Waals surface area contributed by atoms with Crippen molar-refractivity contribution in [2.45, 2.75) is 24.8 Å². The van der Waals surface area contributed by atoms with Crippen molar-refractivity contribution in [1.29, 1.82) is 0 Å². The molecular weight excluding hydrogens is 245 g/mol. The van der Waals surface area contributed by atoms with Gasteiger partial charge >= 0.3 is 0 Å². The smallest absolute Gasteiger partial charge is 0.137 e. The summed E-state index contributed by atoms with van der Waals surface area (Å²) in [6.45, 7) is 0. The summed E-state index contributed by atoms with van der Waals surface area (Å²) < 4.78 is 13.8. The molecule has 0 heterocycles. The zero-order valence-corrected chi connectivity index (χ0v) is 9.70. The minimum atomic E-state index is -0.172. The standard InChI is InChI=1S/C11H13BrFN/c1-14-11(5-6-11)7-8-3-2-4-9(13)10(8)12/h2-4,14H,5-7H2,1H3. The average molecular weight is 258 g/mol. The van der Waals surface area contributed by atoms with Crippen LogP contribution in [-0.4, -0.2) is 12.6 Å². The average Bonchev–Trinajstić information content (AvgIpc) is 2.94. The first-order valence-corrected chi connectivity index (χ1v) is 5.58. The van der Waals surface area contributed by atoms with Crippen molar-refractivity contribution in [3.63, 3.8) is 0 Å². The number of hydrogen-bond acceptors (Lipinski definition) is 1. The van der Waals surface area contributed by atoms with E-state index >= 15 is 0 Å². The summed E-state index contributed by atoms with van der Waals surface area (Å²) in [5.74, 6) is -0.172. The number of benzene rings is 1. The predicted octanol–water partition coefficient (Wildman–Crippen LogP) is 2.88. The molecule has 0 saturated heterocycles. The minimum Gasteiger partial charge on any atom is -0.314 e. The van der Waals surface area contributed by atoms with Gasteiger partial charge in [0, 0.05) is 5.54 Å². The number of hydrogen-bond donors (Lipinski definition) is 1. The molecule has 0 spiro atoms. The molecule has 0 amide bonds. The van der Waals surface area contributed by atoms with Gasteiger partial charge in [-0.25, -0.2) is 4.39 Å². The van der Waals surface area contributed by atoms with Crippen LogP contribution in [0, 0.1) is 5.82 Å². The molecular formula is C11H13BrFN. The number of rotatable bonds is 3. The number of nitrogens with one attached hydrogen (secondary N) is 1. The molecule has 0 atom stereocenters. The van der Waals surface area contributed by atoms with Gasteiger partial charge < -0.3 is 5.32 Å². The molecule has 0 radical (unpaired) electrons. The van der Waals surface area contributed by atoms with Gasteiger partial charge in [0.15, 0.2) is 0 Å². The molecule has 1 aliphatic rings. The molecule has 76 valence electrons. The summed E-state index contributed by atoms with van der Waals surface area (Å²) >= 11 is 3.29. The van der Waals surface area contributed by atoms with Crippen LogP contribution in [0.3, 0.4) is 0 Å². The fourth-order valence-electron chi connectivity index (χ4n) is 1.72. The Morgan fingerprint density at radius 2 is 2.21 bits per heavy atom. The van der Waals surface area contributed by atoms with Crippen molar-refractivity contribution < 1.29 is 4.39 Å². The van der Waals surface area contributed by atoms with E-state index in [2.05, 4.69) is 21.2 Å². The Kier molecular flexibility index (Phi) is 2.62. The molecule has 1 aromatic carbocycles. The van der Waals surface area contributed by atoms with E-state index in [4.69, 9.17) is 0 Å². The van der Waals surface area contributed by atoms with Gasteiger partial charge in [0.25, 0.3) is 0 Å². The molecule has 0 aliphatic heterocycles. The Hall–Kier alpha value is -0.410. The molecule has 0 unspecified atom stereocenters. The first kappa shape index (κ1) is 10.1. The Morgan fingerprint density at radius 1 is 1.50 bits per heavy atom. The lowest BCUT2D eigenvalue weighted by atomic mass is 10.0. The number of likely N-dealkylation sites (N-methyl/N-ethyl adjacent to an activating group) is 1. The molecule has 14 heavy (non-hydrogen) atoms. The van der Waals surface area contributed by atoms with E-state index in [1.807, 2.05) is 13.1 Å². The topological polar surface area (TPSA) is 12.0 Å². The Bertz CT molecular complexity index is 347. The van der Waals surface area contributed by atoms with Crippen LogP contribution in [0.4, 0.5) is 4.39 Å². The van der Waals surface area contributed by atoms with Crippen molar-refractivity contribution in [2.75, 3.05) is 7.05 Å². The SMILES string of the molecule is CNC1(Cc2cccc(F)c2Br)CC1. The van der Waals surface area contributed by atoms with Gasteiger partial charge in [-0.3, -0.25) is 0 Å². The van der Waals surface area contributed by atoms with E-state index in [1.54, 1.807) is 6.07 Å². The van der Waals surface area contributed by atoms with Crippen molar-refractivity contribution in [3.05, 3.63) is 34.1 Å². The Morgan fingerprint density at radius 3 is 2.79 bits per heavy atom. The normalized spacial score (nSPS) is 18.2. The summed E-state index contributed by atoms with van der Waals surface area (Å²) in [5.41, 5.74) is 1.29. The second-order valence-electron chi connectivity index (χ2n) is 3.92. The molecule has 1 nitrogen and oxygen atoms in total. The van der Waals surface area contributed by atoms with Crippen LogP contribution in [0.5, 0.6) is 0 Å². The van der Waals surface area contributed by atoms with Gasteiger partial charge in [0.1, 0.15) is 5.82 Å². The second kappa shape index (κ2) is 3.63. The number of halogens is 2. The molecule has 1 fully saturated rings. The molecule has 2 rings (SSSR count). The van der Waals surface area contributed by atoms with Crippen LogP contribution >= 0.6 is 15.9 Å². The van der Waals surface area contributed by atoms with Crippen molar-refractivity contribution >= 4 is 15.9 Å². The third-order valence-corrected chi connectivity index (χ3v) is 3.83. The summed E-state index contributed by atoms with van der Waals surface area (Å²) in [6, 6.07) is 5.22. The Balaban J connectivity index is 2.21. The van der Waals surface area contributed by atoms with Gasteiger partial charge in [0.05, 0.1) is 4.47 Å². The minimum absolute atomic E-state index is 0.172. The lowest BCUT2D eigenvalue weighted by Gasteiger charge is -2.15. The van der Waals surface area contributed by atoms with Gasteiger partial charge in [-0.15, -0.1) is 0 Å². The Labute approximate surface area is 91.8 Å². The monoisotopic (exact) mass is 257 g/mol. The predicted molar refractivity (Wildman–Crippen MR) is 58.8 cm³/mol. The highest BCUT2D eigenvalue weighted by atomic mass is 79.9. The van der Waals surface area contributed by atoms with E-state index in [0.29, 0.717) is 4.47 Å². The van der Waals surface area contributed by atoms with E-state index in [1.165, 1.54) is 18.9 Å². The molecule has 0 aromatic heterocycles. The molecule has 1 aromatic rings. The zero-order valence-electron chi connectivity index (χ0n) is 8.11. The maximum atomic E-state index is 13.2. The van der Waals surface area contributed by atoms with Gasteiger partial charge in [0.2, 0.25) is 0 Å². The lowest BCUT2D eigenvalue weighted by molar-refractivity contribution is 0.543. The van der Waals surface area contributed by atoms with Crippen LogP contribution in [0.15, 0.2) is 22.7 Å². The third-order valence-electron chi connectivity index (χ3n) is 2.94. The first-order valence-electron chi connectivity index (χ1n) is 4.79. The van der Waals surface area contributed by atoms with Crippen LogP contribution in [0.1, 0.15) is 18.4 Å². The van der Waals surface area contributed by atoms with E-state index < -0.39 is 0 Å². The van der Waals surface area contributed by atoms with Gasteiger partial charge in [-0.2, -0.15) is 0 Å². The van der Waals surface area contributed by atoms with Crippen LogP contribution in [0.2, 0.25) is 0 Å². The second-order valence-corrected chi connectivity index (χ2v) is 4.71. The zero-order chi connectivity index (χ0) is 10.2. The fourth-order valence-corrected chi connectivity index (χ4v) is 2.12. The largest absolute Gasteiger partial charge is 0.314 e. The summed E-state index contributed by atoms with van der Waals surface area (Å²) in [5, 5.41) is 3.30. The summed E-state index contributed by atoms with van der Waals surface area (Å²) in [7, 11) is 1.97. The molecule has 3 heteroatoms. The van der Waals surface area contributed by atoms with Crippen molar-refractivity contribution in [1.82, 2.24) is 5.32 Å². The van der Waals surface area contributed by atoms with Crippen LogP contribution in [-0.2, 0) is 6.42 Å². The fraction of sp³-hybridized carbons (Fsp3) is 0.455. The van der Waals surface area contributed by atoms with Crippen LogP contribution < -0.4 is 5.32 Å².